The fourth-order valence-electron chi connectivity index (χ4n) is 1.82. The Hall–Kier alpha value is -0.350. The van der Waals surface area contributed by atoms with E-state index < -0.39 is 0 Å². The number of piperidine rings is 1. The van der Waals surface area contributed by atoms with Gasteiger partial charge in [-0.25, -0.2) is 0 Å². The summed E-state index contributed by atoms with van der Waals surface area (Å²) in [6, 6.07) is 3.94. The molecule has 4 heteroatoms. The second kappa shape index (κ2) is 4.66. The van der Waals surface area contributed by atoms with Crippen molar-refractivity contribution in [1.82, 2.24) is 4.90 Å². The lowest BCUT2D eigenvalue weighted by Gasteiger charge is -2.29. The average Bonchev–Trinajstić information content (AvgIpc) is 2.64. The van der Waals surface area contributed by atoms with Gasteiger partial charge >= 0.3 is 0 Å². The van der Waals surface area contributed by atoms with Gasteiger partial charge < -0.3 is 4.90 Å². The van der Waals surface area contributed by atoms with Crippen molar-refractivity contribution in [2.75, 3.05) is 13.1 Å². The van der Waals surface area contributed by atoms with Crippen molar-refractivity contribution < 1.29 is 4.79 Å². The van der Waals surface area contributed by atoms with Gasteiger partial charge in [0, 0.05) is 22.8 Å². The maximum atomic E-state index is 12.1. The van der Waals surface area contributed by atoms with Gasteiger partial charge in [-0.05, 0) is 31.9 Å². The first-order chi connectivity index (χ1) is 7.16. The number of hydrogen-bond donors (Lipinski definition) is 0. The van der Waals surface area contributed by atoms with Gasteiger partial charge in [-0.3, -0.25) is 4.79 Å². The van der Waals surface area contributed by atoms with E-state index in [2.05, 4.69) is 15.9 Å². The molecule has 1 saturated heterocycles. The van der Waals surface area contributed by atoms with Gasteiger partial charge in [0.25, 0.3) is 5.91 Å². The molecule has 2 nitrogen and oxygen atoms in total. The van der Waals surface area contributed by atoms with Gasteiger partial charge in [-0.2, -0.15) is 0 Å². The standard InChI is InChI=1S/C11H14BrNOS/c1-8-4-5-10(15-8)11(14)13-6-2-3-9(12)7-13/h4-5,9H,2-3,6-7H2,1H3. The maximum absolute atomic E-state index is 12.1. The SMILES string of the molecule is Cc1ccc(C(=O)N2CCCC(Br)C2)s1. The minimum Gasteiger partial charge on any atom is -0.337 e. The lowest BCUT2D eigenvalue weighted by molar-refractivity contribution is 0.0735. The molecule has 1 aliphatic heterocycles. The van der Waals surface area contributed by atoms with Crippen LogP contribution in [0.1, 0.15) is 27.4 Å². The van der Waals surface area contributed by atoms with Crippen molar-refractivity contribution in [2.24, 2.45) is 0 Å². The molecule has 1 fully saturated rings. The minimum atomic E-state index is 0.192. The van der Waals surface area contributed by atoms with E-state index in [9.17, 15) is 4.79 Å². The van der Waals surface area contributed by atoms with Crippen LogP contribution in [0.5, 0.6) is 0 Å². The van der Waals surface area contributed by atoms with Crippen molar-refractivity contribution >= 4 is 33.2 Å². The van der Waals surface area contributed by atoms with Gasteiger partial charge in [0.2, 0.25) is 0 Å². The number of hydrogen-bond acceptors (Lipinski definition) is 2. The third kappa shape index (κ3) is 2.61. The van der Waals surface area contributed by atoms with Crippen molar-refractivity contribution in [3.05, 3.63) is 21.9 Å². The average molecular weight is 288 g/mol. The van der Waals surface area contributed by atoms with Gasteiger partial charge in [-0.15, -0.1) is 11.3 Å². The van der Waals surface area contributed by atoms with Crippen LogP contribution < -0.4 is 0 Å². The molecule has 1 aromatic heterocycles. The zero-order valence-electron chi connectivity index (χ0n) is 8.70. The lowest BCUT2D eigenvalue weighted by Crippen LogP contribution is -2.39. The Morgan fingerprint density at radius 3 is 3.00 bits per heavy atom. The second-order valence-corrected chi connectivity index (χ2v) is 6.48. The molecule has 0 radical (unpaired) electrons. The summed E-state index contributed by atoms with van der Waals surface area (Å²) in [6.07, 6.45) is 2.28. The number of amides is 1. The third-order valence-corrected chi connectivity index (χ3v) is 4.34. The fourth-order valence-corrected chi connectivity index (χ4v) is 3.32. The molecule has 0 aliphatic carbocycles. The van der Waals surface area contributed by atoms with E-state index in [1.165, 1.54) is 11.3 Å². The normalized spacial score (nSPS) is 21.7. The molecule has 1 atom stereocenters. The molecule has 2 heterocycles. The Balaban J connectivity index is 2.07. The van der Waals surface area contributed by atoms with Gasteiger partial charge in [0.1, 0.15) is 0 Å². The number of likely N-dealkylation sites (tertiary alicyclic amines) is 1. The summed E-state index contributed by atoms with van der Waals surface area (Å²) in [5, 5.41) is 0. The molecule has 0 bridgehead atoms. The minimum absolute atomic E-state index is 0.192. The second-order valence-electron chi connectivity index (χ2n) is 3.90. The summed E-state index contributed by atoms with van der Waals surface area (Å²) >= 11 is 5.17. The van der Waals surface area contributed by atoms with Crippen LogP contribution in [0.15, 0.2) is 12.1 Å². The summed E-state index contributed by atoms with van der Waals surface area (Å²) in [5.74, 6) is 0.192. The summed E-state index contributed by atoms with van der Waals surface area (Å²) in [4.78, 5) is 16.6. The predicted octanol–water partition coefficient (Wildman–Crippen LogP) is 3.06. The van der Waals surface area contributed by atoms with E-state index in [1.807, 2.05) is 24.0 Å². The molecule has 82 valence electrons. The number of nitrogens with zero attached hydrogens (tertiary/aromatic N) is 1. The molecule has 1 amide bonds. The highest BCUT2D eigenvalue weighted by atomic mass is 79.9. The molecular formula is C11H14BrNOS. The molecule has 1 aliphatic rings. The molecule has 0 aromatic carbocycles. The third-order valence-electron chi connectivity index (χ3n) is 2.60. The molecule has 1 aromatic rings. The van der Waals surface area contributed by atoms with Crippen LogP contribution in [0.2, 0.25) is 0 Å². The molecule has 0 N–H and O–H groups in total. The van der Waals surface area contributed by atoms with Gasteiger partial charge in [0.15, 0.2) is 0 Å². The number of alkyl halides is 1. The Kier molecular flexibility index (Phi) is 3.46. The first-order valence-corrected chi connectivity index (χ1v) is 6.90. The van der Waals surface area contributed by atoms with E-state index in [4.69, 9.17) is 0 Å². The first kappa shape index (κ1) is 11.1. The summed E-state index contributed by atoms with van der Waals surface area (Å²) in [5.41, 5.74) is 0. The molecule has 1 unspecified atom stereocenters. The Labute approximate surface area is 102 Å². The Morgan fingerprint density at radius 1 is 1.60 bits per heavy atom. The van der Waals surface area contributed by atoms with Crippen LogP contribution in [-0.4, -0.2) is 28.7 Å². The van der Waals surface area contributed by atoms with Crippen LogP contribution in [0, 0.1) is 6.92 Å². The number of halogens is 1. The number of carbonyl (C=O) groups excluding carboxylic acids is 1. The van der Waals surface area contributed by atoms with Crippen molar-refractivity contribution in [3.63, 3.8) is 0 Å². The molecule has 2 rings (SSSR count). The fraction of sp³-hybridized carbons (Fsp3) is 0.545. The van der Waals surface area contributed by atoms with Crippen LogP contribution in [0.3, 0.4) is 0 Å². The van der Waals surface area contributed by atoms with E-state index in [1.54, 1.807) is 11.3 Å². The molecule has 0 saturated carbocycles. The molecule has 0 spiro atoms. The van der Waals surface area contributed by atoms with Crippen molar-refractivity contribution in [3.8, 4) is 0 Å². The monoisotopic (exact) mass is 287 g/mol. The van der Waals surface area contributed by atoms with Crippen LogP contribution >= 0.6 is 27.3 Å². The first-order valence-electron chi connectivity index (χ1n) is 5.16. The summed E-state index contributed by atoms with van der Waals surface area (Å²) in [6.45, 7) is 3.78. The maximum Gasteiger partial charge on any atom is 0.263 e. The quantitative estimate of drug-likeness (QED) is 0.727. The van der Waals surface area contributed by atoms with E-state index >= 15 is 0 Å². The number of carbonyl (C=O) groups is 1. The van der Waals surface area contributed by atoms with Crippen LogP contribution in [-0.2, 0) is 0 Å². The Bertz CT molecular complexity index is 363. The van der Waals surface area contributed by atoms with Gasteiger partial charge in [0.05, 0.1) is 4.88 Å². The number of thiophene rings is 1. The highest BCUT2D eigenvalue weighted by molar-refractivity contribution is 9.09. The molecular weight excluding hydrogens is 274 g/mol. The van der Waals surface area contributed by atoms with E-state index in [0.717, 1.165) is 24.4 Å². The highest BCUT2D eigenvalue weighted by Crippen LogP contribution is 2.22. The summed E-state index contributed by atoms with van der Waals surface area (Å²) < 4.78 is 0. The summed E-state index contributed by atoms with van der Waals surface area (Å²) in [7, 11) is 0. The topological polar surface area (TPSA) is 20.3 Å². The van der Waals surface area contributed by atoms with Crippen molar-refractivity contribution in [2.45, 2.75) is 24.6 Å². The lowest BCUT2D eigenvalue weighted by atomic mass is 10.1. The highest BCUT2D eigenvalue weighted by Gasteiger charge is 2.23. The number of rotatable bonds is 1. The van der Waals surface area contributed by atoms with E-state index in [-0.39, 0.29) is 5.91 Å². The predicted molar refractivity (Wildman–Crippen MR) is 66.9 cm³/mol. The smallest absolute Gasteiger partial charge is 0.263 e. The largest absolute Gasteiger partial charge is 0.337 e. The van der Waals surface area contributed by atoms with Crippen molar-refractivity contribution in [1.29, 1.82) is 0 Å². The van der Waals surface area contributed by atoms with Gasteiger partial charge in [-0.1, -0.05) is 15.9 Å². The molecule has 15 heavy (non-hydrogen) atoms. The van der Waals surface area contributed by atoms with E-state index in [0.29, 0.717) is 4.83 Å². The van der Waals surface area contributed by atoms with Crippen LogP contribution in [0.4, 0.5) is 0 Å². The zero-order valence-corrected chi connectivity index (χ0v) is 11.1. The van der Waals surface area contributed by atoms with Crippen LogP contribution in [0.25, 0.3) is 0 Å². The number of aryl methyl sites for hydroxylation is 1. The zero-order chi connectivity index (χ0) is 10.8. The Morgan fingerprint density at radius 2 is 2.40 bits per heavy atom.